The van der Waals surface area contributed by atoms with E-state index in [0.29, 0.717) is 18.5 Å². The largest absolute Gasteiger partial charge is 0.481 e. The number of carboxylic acid groups (broad SMARTS) is 1. The molecule has 1 fully saturated rings. The van der Waals surface area contributed by atoms with Gasteiger partial charge in [0.05, 0.1) is 0 Å². The SMILES string of the molecule is CCN(C(C)CCC(=O)O)C1CCCC1. The normalized spacial score (nSPS) is 19.7. The Morgan fingerprint density at radius 1 is 1.47 bits per heavy atom. The highest BCUT2D eigenvalue weighted by Gasteiger charge is 2.25. The van der Waals surface area contributed by atoms with E-state index in [1.54, 1.807) is 0 Å². The van der Waals surface area contributed by atoms with E-state index in [1.807, 2.05) is 0 Å². The number of hydrogen-bond acceptors (Lipinski definition) is 2. The summed E-state index contributed by atoms with van der Waals surface area (Å²) >= 11 is 0. The lowest BCUT2D eigenvalue weighted by atomic mass is 10.1. The van der Waals surface area contributed by atoms with Gasteiger partial charge in [0.25, 0.3) is 0 Å². The fraction of sp³-hybridized carbons (Fsp3) is 0.917. The maximum atomic E-state index is 10.5. The smallest absolute Gasteiger partial charge is 0.303 e. The summed E-state index contributed by atoms with van der Waals surface area (Å²) < 4.78 is 0. The minimum absolute atomic E-state index is 0.296. The molecule has 1 atom stereocenters. The maximum absolute atomic E-state index is 10.5. The molecule has 0 aromatic heterocycles. The van der Waals surface area contributed by atoms with E-state index in [2.05, 4.69) is 18.7 Å². The van der Waals surface area contributed by atoms with E-state index in [1.165, 1.54) is 25.7 Å². The fourth-order valence-electron chi connectivity index (χ4n) is 2.66. The van der Waals surface area contributed by atoms with Gasteiger partial charge < -0.3 is 5.11 Å². The molecule has 0 aromatic carbocycles. The zero-order valence-electron chi connectivity index (χ0n) is 9.91. The Morgan fingerprint density at radius 3 is 2.53 bits per heavy atom. The highest BCUT2D eigenvalue weighted by Crippen LogP contribution is 2.25. The van der Waals surface area contributed by atoms with Crippen LogP contribution in [0, 0.1) is 0 Å². The van der Waals surface area contributed by atoms with Crippen molar-refractivity contribution < 1.29 is 9.90 Å². The van der Waals surface area contributed by atoms with E-state index in [-0.39, 0.29) is 0 Å². The Bertz CT molecular complexity index is 200. The molecule has 0 saturated heterocycles. The second-order valence-corrected chi connectivity index (χ2v) is 4.55. The van der Waals surface area contributed by atoms with Crippen LogP contribution >= 0.6 is 0 Å². The van der Waals surface area contributed by atoms with Crippen molar-refractivity contribution in [2.75, 3.05) is 6.54 Å². The Hall–Kier alpha value is -0.570. The second-order valence-electron chi connectivity index (χ2n) is 4.55. The lowest BCUT2D eigenvalue weighted by molar-refractivity contribution is -0.137. The standard InChI is InChI=1S/C12H23NO2/c1-3-13(11-6-4-5-7-11)10(2)8-9-12(14)15/h10-11H,3-9H2,1-2H3,(H,14,15). The Morgan fingerprint density at radius 2 is 2.07 bits per heavy atom. The van der Waals surface area contributed by atoms with Gasteiger partial charge in [-0.05, 0) is 32.7 Å². The number of carbonyl (C=O) groups is 1. The van der Waals surface area contributed by atoms with Crippen molar-refractivity contribution >= 4 is 5.97 Å². The molecule has 0 amide bonds. The van der Waals surface area contributed by atoms with Crippen LogP contribution in [0.5, 0.6) is 0 Å². The molecule has 15 heavy (non-hydrogen) atoms. The molecule has 1 rings (SSSR count). The van der Waals surface area contributed by atoms with Gasteiger partial charge in [0.1, 0.15) is 0 Å². The summed E-state index contributed by atoms with van der Waals surface area (Å²) in [6, 6.07) is 1.12. The third-order valence-electron chi connectivity index (χ3n) is 3.50. The third kappa shape index (κ3) is 3.82. The fourth-order valence-corrected chi connectivity index (χ4v) is 2.66. The topological polar surface area (TPSA) is 40.5 Å². The first kappa shape index (κ1) is 12.5. The molecule has 0 heterocycles. The van der Waals surface area contributed by atoms with E-state index in [4.69, 9.17) is 5.11 Å². The maximum Gasteiger partial charge on any atom is 0.303 e. The first-order valence-electron chi connectivity index (χ1n) is 6.12. The van der Waals surface area contributed by atoms with Gasteiger partial charge in [0.15, 0.2) is 0 Å². The average molecular weight is 213 g/mol. The average Bonchev–Trinajstić information content (AvgIpc) is 2.69. The van der Waals surface area contributed by atoms with Crippen LogP contribution in [0.3, 0.4) is 0 Å². The van der Waals surface area contributed by atoms with Crippen LogP contribution in [0.1, 0.15) is 52.4 Å². The summed E-state index contributed by atoms with van der Waals surface area (Å²) in [5.74, 6) is -0.677. The molecule has 0 radical (unpaired) electrons. The number of rotatable bonds is 6. The molecule has 0 spiro atoms. The van der Waals surface area contributed by atoms with Gasteiger partial charge in [-0.3, -0.25) is 9.69 Å². The van der Waals surface area contributed by atoms with Crippen molar-refractivity contribution in [2.45, 2.75) is 64.5 Å². The molecule has 1 aliphatic rings. The van der Waals surface area contributed by atoms with Gasteiger partial charge in [-0.25, -0.2) is 0 Å². The summed E-state index contributed by atoms with van der Waals surface area (Å²) in [7, 11) is 0. The number of carboxylic acids is 1. The van der Waals surface area contributed by atoms with Gasteiger partial charge >= 0.3 is 5.97 Å². The van der Waals surface area contributed by atoms with Crippen molar-refractivity contribution in [1.82, 2.24) is 4.90 Å². The van der Waals surface area contributed by atoms with Crippen LogP contribution in [0.4, 0.5) is 0 Å². The minimum Gasteiger partial charge on any atom is -0.481 e. The summed E-state index contributed by atoms with van der Waals surface area (Å²) in [6.07, 6.45) is 6.35. The molecule has 1 N–H and O–H groups in total. The third-order valence-corrected chi connectivity index (χ3v) is 3.50. The van der Waals surface area contributed by atoms with Crippen LogP contribution < -0.4 is 0 Å². The van der Waals surface area contributed by atoms with Crippen molar-refractivity contribution in [3.05, 3.63) is 0 Å². The summed E-state index contributed by atoms with van der Waals surface area (Å²) in [4.78, 5) is 13.0. The summed E-state index contributed by atoms with van der Waals surface area (Å²) in [5, 5.41) is 8.66. The van der Waals surface area contributed by atoms with Crippen molar-refractivity contribution in [3.63, 3.8) is 0 Å². The van der Waals surface area contributed by atoms with Crippen LogP contribution in [0.2, 0.25) is 0 Å². The monoisotopic (exact) mass is 213 g/mol. The van der Waals surface area contributed by atoms with Crippen molar-refractivity contribution in [2.24, 2.45) is 0 Å². The van der Waals surface area contributed by atoms with Gasteiger partial charge in [-0.2, -0.15) is 0 Å². The molecule has 0 aromatic rings. The lowest BCUT2D eigenvalue weighted by Gasteiger charge is -2.33. The van der Waals surface area contributed by atoms with Crippen LogP contribution in [0.15, 0.2) is 0 Å². The Kier molecular flexibility index (Phi) is 5.09. The quantitative estimate of drug-likeness (QED) is 0.737. The van der Waals surface area contributed by atoms with Gasteiger partial charge in [-0.1, -0.05) is 19.8 Å². The predicted octanol–water partition coefficient (Wildman–Crippen LogP) is 2.50. The summed E-state index contributed by atoms with van der Waals surface area (Å²) in [6.45, 7) is 5.38. The molecule has 0 bridgehead atoms. The summed E-state index contributed by atoms with van der Waals surface area (Å²) in [5.41, 5.74) is 0. The number of hydrogen-bond donors (Lipinski definition) is 1. The van der Waals surface area contributed by atoms with Crippen molar-refractivity contribution in [3.8, 4) is 0 Å². The Balaban J connectivity index is 2.38. The molecule has 3 heteroatoms. The first-order chi connectivity index (χ1) is 7.15. The highest BCUT2D eigenvalue weighted by molar-refractivity contribution is 5.66. The number of aliphatic carboxylic acids is 1. The molecule has 1 aliphatic carbocycles. The van der Waals surface area contributed by atoms with Crippen LogP contribution in [-0.4, -0.2) is 34.6 Å². The van der Waals surface area contributed by atoms with Crippen molar-refractivity contribution in [1.29, 1.82) is 0 Å². The first-order valence-corrected chi connectivity index (χ1v) is 6.12. The van der Waals surface area contributed by atoms with E-state index >= 15 is 0 Å². The molecular formula is C12H23NO2. The van der Waals surface area contributed by atoms with Gasteiger partial charge in [0.2, 0.25) is 0 Å². The van der Waals surface area contributed by atoms with E-state index < -0.39 is 5.97 Å². The zero-order valence-corrected chi connectivity index (χ0v) is 9.91. The molecule has 88 valence electrons. The Labute approximate surface area is 92.5 Å². The predicted molar refractivity (Wildman–Crippen MR) is 61.0 cm³/mol. The molecule has 1 saturated carbocycles. The number of nitrogens with zero attached hydrogens (tertiary/aromatic N) is 1. The van der Waals surface area contributed by atoms with Crippen LogP contribution in [0.25, 0.3) is 0 Å². The zero-order chi connectivity index (χ0) is 11.3. The van der Waals surface area contributed by atoms with Crippen LogP contribution in [-0.2, 0) is 4.79 Å². The molecule has 0 aliphatic heterocycles. The lowest BCUT2D eigenvalue weighted by Crippen LogP contribution is -2.40. The van der Waals surface area contributed by atoms with Gasteiger partial charge in [0, 0.05) is 18.5 Å². The van der Waals surface area contributed by atoms with Gasteiger partial charge in [-0.15, -0.1) is 0 Å². The minimum atomic E-state index is -0.677. The van der Waals surface area contributed by atoms with E-state index in [0.717, 1.165) is 13.0 Å². The molecule has 3 nitrogen and oxygen atoms in total. The second kappa shape index (κ2) is 6.11. The molecule has 1 unspecified atom stereocenters. The highest BCUT2D eigenvalue weighted by atomic mass is 16.4. The molecular weight excluding hydrogens is 190 g/mol. The van der Waals surface area contributed by atoms with E-state index in [9.17, 15) is 4.79 Å².